The van der Waals surface area contributed by atoms with Gasteiger partial charge in [-0.05, 0) is 65.6 Å². The molecule has 0 saturated heterocycles. The second-order valence-electron chi connectivity index (χ2n) is 11.2. The molecule has 0 bridgehead atoms. The minimum atomic E-state index is 0.0555. The van der Waals surface area contributed by atoms with E-state index in [4.69, 9.17) is 9.40 Å². The molecule has 0 saturated carbocycles. The van der Waals surface area contributed by atoms with Crippen LogP contribution in [0, 0.1) is 12.3 Å². The van der Waals surface area contributed by atoms with Crippen molar-refractivity contribution in [2.45, 2.75) is 60.3 Å². The number of rotatable bonds is 2. The van der Waals surface area contributed by atoms with E-state index in [1.165, 1.54) is 31.5 Å². The highest BCUT2D eigenvalue weighted by Crippen LogP contribution is 2.41. The quantitative estimate of drug-likeness (QED) is 0.273. The van der Waals surface area contributed by atoms with Gasteiger partial charge in [-0.2, -0.15) is 0 Å². The van der Waals surface area contributed by atoms with Crippen LogP contribution in [0.5, 0.6) is 0 Å². The Morgan fingerprint density at radius 3 is 2.34 bits per heavy atom. The molecular formula is C29H31NOS. The van der Waals surface area contributed by atoms with E-state index in [0.29, 0.717) is 0 Å². The zero-order valence-corrected chi connectivity index (χ0v) is 20.9. The van der Waals surface area contributed by atoms with Gasteiger partial charge in [-0.3, -0.25) is 4.98 Å². The molecule has 164 valence electrons. The van der Waals surface area contributed by atoms with Crippen molar-refractivity contribution in [2.24, 2.45) is 5.41 Å². The van der Waals surface area contributed by atoms with Crippen molar-refractivity contribution in [3.63, 3.8) is 0 Å². The fraction of sp³-hybridized carbons (Fsp3) is 0.345. The third-order valence-corrected chi connectivity index (χ3v) is 7.09. The Morgan fingerprint density at radius 1 is 0.875 bits per heavy atom. The zero-order chi connectivity index (χ0) is 22.8. The fourth-order valence-electron chi connectivity index (χ4n) is 4.74. The van der Waals surface area contributed by atoms with Gasteiger partial charge in [-0.15, -0.1) is 11.3 Å². The molecule has 5 rings (SSSR count). The van der Waals surface area contributed by atoms with Crippen LogP contribution in [-0.2, 0) is 11.8 Å². The van der Waals surface area contributed by atoms with Crippen LogP contribution in [0.4, 0.5) is 0 Å². The SMILES string of the molecule is Cc1cc2c(ccc3c4cccc(-c5cc(CC(C)(C)C)c(C(C)(C)C)cn5)c4oc23)s1. The lowest BCUT2D eigenvalue weighted by atomic mass is 9.79. The summed E-state index contributed by atoms with van der Waals surface area (Å²) in [6.07, 6.45) is 3.10. The third kappa shape index (κ3) is 3.63. The molecule has 2 nitrogen and oxygen atoms in total. The van der Waals surface area contributed by atoms with Gasteiger partial charge in [0.15, 0.2) is 0 Å². The number of hydrogen-bond donors (Lipinski definition) is 0. The first-order valence-corrected chi connectivity index (χ1v) is 12.2. The van der Waals surface area contributed by atoms with Crippen molar-refractivity contribution in [3.05, 3.63) is 64.7 Å². The van der Waals surface area contributed by atoms with Gasteiger partial charge < -0.3 is 4.42 Å². The van der Waals surface area contributed by atoms with Crippen molar-refractivity contribution in [1.29, 1.82) is 0 Å². The Morgan fingerprint density at radius 2 is 1.62 bits per heavy atom. The molecule has 0 amide bonds. The molecule has 0 radical (unpaired) electrons. The molecule has 0 unspecified atom stereocenters. The number of nitrogens with zero attached hydrogens (tertiary/aromatic N) is 1. The van der Waals surface area contributed by atoms with Gasteiger partial charge in [0, 0.05) is 37.5 Å². The number of thiophene rings is 1. The summed E-state index contributed by atoms with van der Waals surface area (Å²) >= 11 is 1.82. The topological polar surface area (TPSA) is 26.0 Å². The predicted octanol–water partition coefficient (Wildman–Crippen LogP) is 9.06. The minimum absolute atomic E-state index is 0.0555. The number of furan rings is 1. The predicted molar refractivity (Wildman–Crippen MR) is 139 cm³/mol. The second-order valence-corrected chi connectivity index (χ2v) is 12.5. The first-order valence-electron chi connectivity index (χ1n) is 11.4. The van der Waals surface area contributed by atoms with Crippen LogP contribution >= 0.6 is 11.3 Å². The molecule has 0 N–H and O–H groups in total. The molecule has 0 atom stereocenters. The first kappa shape index (κ1) is 21.2. The number of benzene rings is 2. The summed E-state index contributed by atoms with van der Waals surface area (Å²) < 4.78 is 7.84. The smallest absolute Gasteiger partial charge is 0.144 e. The number of aryl methyl sites for hydroxylation is 1. The van der Waals surface area contributed by atoms with E-state index < -0.39 is 0 Å². The molecule has 0 aliphatic carbocycles. The van der Waals surface area contributed by atoms with Gasteiger partial charge in [-0.25, -0.2) is 0 Å². The van der Waals surface area contributed by atoms with E-state index in [-0.39, 0.29) is 10.8 Å². The summed E-state index contributed by atoms with van der Waals surface area (Å²) in [5.74, 6) is 0. The van der Waals surface area contributed by atoms with E-state index in [1.54, 1.807) is 0 Å². The lowest BCUT2D eigenvalue weighted by Crippen LogP contribution is -2.19. The Hall–Kier alpha value is -2.65. The molecule has 0 fully saturated rings. The van der Waals surface area contributed by atoms with E-state index in [1.807, 2.05) is 11.3 Å². The lowest BCUT2D eigenvalue weighted by Gasteiger charge is -2.27. The van der Waals surface area contributed by atoms with Gasteiger partial charge in [-0.1, -0.05) is 53.7 Å². The van der Waals surface area contributed by atoms with Gasteiger partial charge >= 0.3 is 0 Å². The molecule has 3 heteroatoms. The fourth-order valence-corrected chi connectivity index (χ4v) is 5.66. The van der Waals surface area contributed by atoms with Crippen LogP contribution in [-0.4, -0.2) is 4.98 Å². The van der Waals surface area contributed by atoms with E-state index in [9.17, 15) is 0 Å². The van der Waals surface area contributed by atoms with Gasteiger partial charge in [0.05, 0.1) is 5.69 Å². The third-order valence-electron chi connectivity index (χ3n) is 6.08. The summed E-state index contributed by atoms with van der Waals surface area (Å²) in [4.78, 5) is 6.24. The van der Waals surface area contributed by atoms with Crippen molar-refractivity contribution < 1.29 is 4.42 Å². The van der Waals surface area contributed by atoms with Crippen molar-refractivity contribution in [1.82, 2.24) is 4.98 Å². The van der Waals surface area contributed by atoms with Gasteiger partial charge in [0.2, 0.25) is 0 Å². The monoisotopic (exact) mass is 441 g/mol. The summed E-state index contributed by atoms with van der Waals surface area (Å²) in [6, 6.07) is 15.4. The Balaban J connectivity index is 1.75. The standard InChI is InChI=1S/C29H31NOS/c1-17-13-22-25(32-17)12-11-20-19-9-8-10-21(26(19)31-27(20)22)24-14-18(15-28(2,3)4)23(16-30-24)29(5,6)7/h8-14,16H,15H2,1-7H3. The van der Waals surface area contributed by atoms with Gasteiger partial charge in [0.1, 0.15) is 11.2 Å². The van der Waals surface area contributed by atoms with E-state index in [2.05, 4.69) is 97.1 Å². The zero-order valence-electron chi connectivity index (χ0n) is 20.1. The first-order chi connectivity index (χ1) is 15.0. The van der Waals surface area contributed by atoms with Crippen molar-refractivity contribution in [3.8, 4) is 11.3 Å². The highest BCUT2D eigenvalue weighted by Gasteiger charge is 2.24. The number of pyridine rings is 1. The van der Waals surface area contributed by atoms with Crippen LogP contribution in [0.2, 0.25) is 0 Å². The van der Waals surface area contributed by atoms with Crippen molar-refractivity contribution in [2.75, 3.05) is 0 Å². The second kappa shape index (κ2) is 7.18. The number of hydrogen-bond acceptors (Lipinski definition) is 3. The van der Waals surface area contributed by atoms with E-state index in [0.717, 1.165) is 34.2 Å². The number of aromatic nitrogens is 1. The van der Waals surface area contributed by atoms with E-state index >= 15 is 0 Å². The van der Waals surface area contributed by atoms with Gasteiger partial charge in [0.25, 0.3) is 0 Å². The normalized spacial score (nSPS) is 13.0. The Bertz CT molecular complexity index is 1470. The maximum atomic E-state index is 6.57. The largest absolute Gasteiger partial charge is 0.455 e. The molecule has 0 aliphatic rings. The number of fused-ring (bicyclic) bond motifs is 5. The number of para-hydroxylation sites is 1. The average Bonchev–Trinajstić information content (AvgIpc) is 3.25. The lowest BCUT2D eigenvalue weighted by molar-refractivity contribution is 0.406. The van der Waals surface area contributed by atoms with Crippen LogP contribution < -0.4 is 0 Å². The highest BCUT2D eigenvalue weighted by molar-refractivity contribution is 7.19. The van der Waals surface area contributed by atoms with Crippen LogP contribution in [0.15, 0.2) is 53.1 Å². The van der Waals surface area contributed by atoms with Crippen molar-refractivity contribution >= 4 is 43.4 Å². The van der Waals surface area contributed by atoms with Crippen LogP contribution in [0.1, 0.15) is 57.5 Å². The molecular weight excluding hydrogens is 410 g/mol. The van der Waals surface area contributed by atoms with Crippen LogP contribution in [0.3, 0.4) is 0 Å². The molecule has 3 heterocycles. The summed E-state index contributed by atoms with van der Waals surface area (Å²) in [7, 11) is 0. The molecule has 32 heavy (non-hydrogen) atoms. The summed E-state index contributed by atoms with van der Waals surface area (Å²) in [6.45, 7) is 15.9. The molecule has 3 aromatic heterocycles. The molecule has 0 aliphatic heterocycles. The maximum absolute atomic E-state index is 6.57. The average molecular weight is 442 g/mol. The summed E-state index contributed by atoms with van der Waals surface area (Å²) in [5.41, 5.74) is 6.91. The summed E-state index contributed by atoms with van der Waals surface area (Å²) in [5, 5.41) is 3.53. The van der Waals surface area contributed by atoms with Crippen LogP contribution in [0.25, 0.3) is 43.3 Å². The molecule has 5 aromatic rings. The maximum Gasteiger partial charge on any atom is 0.144 e. The highest BCUT2D eigenvalue weighted by atomic mass is 32.1. The Labute approximate surface area is 194 Å². The Kier molecular flexibility index (Phi) is 4.76. The minimum Gasteiger partial charge on any atom is -0.455 e. The molecule has 2 aromatic carbocycles. The molecule has 0 spiro atoms.